The molecule has 0 saturated carbocycles. The Hall–Kier alpha value is -2.33. The molecule has 25 heavy (non-hydrogen) atoms. The van der Waals surface area contributed by atoms with Crippen LogP contribution in [0.15, 0.2) is 48.5 Å². The molecule has 0 bridgehead atoms. The third-order valence-corrected chi connectivity index (χ3v) is 5.09. The van der Waals surface area contributed by atoms with Gasteiger partial charge in [-0.3, -0.25) is 9.59 Å². The molecule has 2 aromatic carbocycles. The van der Waals surface area contributed by atoms with Crippen LogP contribution in [-0.4, -0.2) is 17.0 Å². The summed E-state index contributed by atoms with van der Waals surface area (Å²) >= 11 is 5.90. The van der Waals surface area contributed by atoms with E-state index in [2.05, 4.69) is 0 Å². The first-order valence-electron chi connectivity index (χ1n) is 8.27. The maximum Gasteiger partial charge on any atom is 0.324 e. The second-order valence-electron chi connectivity index (χ2n) is 6.08. The summed E-state index contributed by atoms with van der Waals surface area (Å²) in [6.07, 6.45) is 1.09. The molecule has 4 nitrogen and oxygen atoms in total. The molecule has 0 radical (unpaired) electrons. The van der Waals surface area contributed by atoms with Gasteiger partial charge in [-0.1, -0.05) is 74.7 Å². The summed E-state index contributed by atoms with van der Waals surface area (Å²) in [5.41, 5.74) is 6.15. The van der Waals surface area contributed by atoms with Crippen LogP contribution in [0.5, 0.6) is 0 Å². The Balaban J connectivity index is 2.53. The number of hydrogen-bond acceptors (Lipinski definition) is 2. The minimum atomic E-state index is -1.72. The maximum atomic E-state index is 12.2. The second kappa shape index (κ2) is 7.70. The molecule has 0 aliphatic heterocycles. The van der Waals surface area contributed by atoms with Gasteiger partial charge in [0, 0.05) is 5.02 Å². The smallest absolute Gasteiger partial charge is 0.324 e. The van der Waals surface area contributed by atoms with E-state index >= 15 is 0 Å². The fourth-order valence-electron chi connectivity index (χ4n) is 3.45. The third kappa shape index (κ3) is 3.40. The van der Waals surface area contributed by atoms with Gasteiger partial charge in [-0.15, -0.1) is 0 Å². The largest absolute Gasteiger partial charge is 0.480 e. The molecule has 2 aromatic rings. The summed E-state index contributed by atoms with van der Waals surface area (Å²) < 4.78 is 0. The number of carboxylic acids is 1. The molecule has 2 rings (SSSR count). The van der Waals surface area contributed by atoms with E-state index in [1.165, 1.54) is 0 Å². The van der Waals surface area contributed by atoms with Gasteiger partial charge in [-0.2, -0.15) is 0 Å². The van der Waals surface area contributed by atoms with E-state index in [4.69, 9.17) is 17.3 Å². The van der Waals surface area contributed by atoms with Crippen molar-refractivity contribution in [1.82, 2.24) is 0 Å². The summed E-state index contributed by atoms with van der Waals surface area (Å²) in [6.45, 7) is 3.74. The van der Waals surface area contributed by atoms with Gasteiger partial charge in [0.25, 0.3) is 0 Å². The number of carbonyl (C=O) groups excluding carboxylic acids is 1. The van der Waals surface area contributed by atoms with Crippen molar-refractivity contribution in [3.05, 3.63) is 59.1 Å². The Morgan fingerprint density at radius 2 is 1.44 bits per heavy atom. The predicted molar refractivity (Wildman–Crippen MR) is 99.5 cm³/mol. The van der Waals surface area contributed by atoms with E-state index in [0.717, 1.165) is 11.1 Å². The highest BCUT2D eigenvalue weighted by Crippen LogP contribution is 2.38. The van der Waals surface area contributed by atoms with Gasteiger partial charge in [0.1, 0.15) is 0 Å². The molecule has 0 aliphatic carbocycles. The van der Waals surface area contributed by atoms with Gasteiger partial charge in [-0.05, 0) is 34.7 Å². The van der Waals surface area contributed by atoms with Crippen LogP contribution in [0.2, 0.25) is 5.02 Å². The van der Waals surface area contributed by atoms with Crippen LogP contribution in [0.3, 0.4) is 0 Å². The molecule has 5 heteroatoms. The monoisotopic (exact) mass is 359 g/mol. The lowest BCUT2D eigenvalue weighted by Crippen LogP contribution is -2.53. The van der Waals surface area contributed by atoms with Crippen molar-refractivity contribution in [2.24, 2.45) is 11.7 Å². The topological polar surface area (TPSA) is 80.4 Å². The molecule has 1 atom stereocenters. The van der Waals surface area contributed by atoms with E-state index in [-0.39, 0.29) is 5.92 Å². The number of carbonyl (C=O) groups is 2. The SMILES string of the molecule is CCC(CC)C(C(N)=O)(C(=O)O)c1ccc(-c2ccc(Cl)cc2)cc1. The fourth-order valence-corrected chi connectivity index (χ4v) is 3.58. The Morgan fingerprint density at radius 3 is 1.80 bits per heavy atom. The molecular formula is C20H22ClNO3. The van der Waals surface area contributed by atoms with Crippen LogP contribution >= 0.6 is 11.6 Å². The van der Waals surface area contributed by atoms with Gasteiger partial charge in [0.05, 0.1) is 0 Å². The number of halogens is 1. The molecule has 3 N–H and O–H groups in total. The van der Waals surface area contributed by atoms with E-state index < -0.39 is 17.3 Å². The minimum absolute atomic E-state index is 0.371. The average molecular weight is 360 g/mol. The standard InChI is InChI=1S/C20H22ClNO3/c1-3-15(4-2)20(18(22)23,19(24)25)16-9-5-13(6-10-16)14-7-11-17(21)12-8-14/h5-12,15H,3-4H2,1-2H3,(H2,22,23)(H,24,25). The number of primary amides is 1. The minimum Gasteiger partial charge on any atom is -0.480 e. The Bertz CT molecular complexity index is 736. The molecule has 1 unspecified atom stereocenters. The second-order valence-corrected chi connectivity index (χ2v) is 6.51. The van der Waals surface area contributed by atoms with Crippen molar-refractivity contribution in [2.45, 2.75) is 32.1 Å². The molecule has 0 aliphatic rings. The molecule has 0 spiro atoms. The fraction of sp³-hybridized carbons (Fsp3) is 0.300. The lowest BCUT2D eigenvalue weighted by atomic mass is 9.67. The molecule has 132 valence electrons. The summed E-state index contributed by atoms with van der Waals surface area (Å²) in [4.78, 5) is 24.3. The van der Waals surface area contributed by atoms with E-state index in [0.29, 0.717) is 23.4 Å². The number of rotatable bonds is 7. The molecular weight excluding hydrogens is 338 g/mol. The van der Waals surface area contributed by atoms with Crippen molar-refractivity contribution in [2.75, 3.05) is 0 Å². The highest BCUT2D eigenvalue weighted by Gasteiger charge is 2.51. The van der Waals surface area contributed by atoms with Crippen LogP contribution in [0.25, 0.3) is 11.1 Å². The maximum absolute atomic E-state index is 12.2. The van der Waals surface area contributed by atoms with Crippen LogP contribution in [0.1, 0.15) is 32.3 Å². The first-order valence-corrected chi connectivity index (χ1v) is 8.65. The third-order valence-electron chi connectivity index (χ3n) is 4.84. The molecule has 0 fully saturated rings. The molecule has 0 heterocycles. The molecule has 0 aromatic heterocycles. The van der Waals surface area contributed by atoms with Gasteiger partial charge in [0.2, 0.25) is 5.91 Å². The van der Waals surface area contributed by atoms with Crippen LogP contribution in [-0.2, 0) is 15.0 Å². The predicted octanol–water partition coefficient (Wildman–Crippen LogP) is 4.25. The highest BCUT2D eigenvalue weighted by atomic mass is 35.5. The van der Waals surface area contributed by atoms with Crippen LogP contribution < -0.4 is 5.73 Å². The van der Waals surface area contributed by atoms with Crippen molar-refractivity contribution in [3.8, 4) is 11.1 Å². The van der Waals surface area contributed by atoms with Crippen LogP contribution in [0.4, 0.5) is 0 Å². The zero-order chi connectivity index (χ0) is 18.6. The Kier molecular flexibility index (Phi) is 5.85. The van der Waals surface area contributed by atoms with Gasteiger partial charge < -0.3 is 10.8 Å². The number of benzene rings is 2. The van der Waals surface area contributed by atoms with E-state index in [9.17, 15) is 14.7 Å². The van der Waals surface area contributed by atoms with Crippen molar-refractivity contribution in [3.63, 3.8) is 0 Å². The normalized spacial score (nSPS) is 13.4. The zero-order valence-electron chi connectivity index (χ0n) is 14.3. The highest BCUT2D eigenvalue weighted by molar-refractivity contribution is 6.30. The number of aliphatic carboxylic acids is 1. The zero-order valence-corrected chi connectivity index (χ0v) is 15.1. The summed E-state index contributed by atoms with van der Waals surface area (Å²) in [7, 11) is 0. The van der Waals surface area contributed by atoms with Crippen molar-refractivity contribution in [1.29, 1.82) is 0 Å². The number of amides is 1. The molecule has 0 saturated heterocycles. The van der Waals surface area contributed by atoms with Gasteiger partial charge in [-0.25, -0.2) is 0 Å². The number of carboxylic acid groups (broad SMARTS) is 1. The van der Waals surface area contributed by atoms with Gasteiger partial charge in [0.15, 0.2) is 5.41 Å². The van der Waals surface area contributed by atoms with Crippen molar-refractivity contribution < 1.29 is 14.7 Å². The number of nitrogens with two attached hydrogens (primary N) is 1. The van der Waals surface area contributed by atoms with Crippen molar-refractivity contribution >= 4 is 23.5 Å². The van der Waals surface area contributed by atoms with Gasteiger partial charge >= 0.3 is 5.97 Å². The first kappa shape index (κ1) is 19.0. The van der Waals surface area contributed by atoms with Crippen LogP contribution in [0, 0.1) is 5.92 Å². The van der Waals surface area contributed by atoms with E-state index in [1.54, 1.807) is 24.3 Å². The quantitative estimate of drug-likeness (QED) is 0.725. The van der Waals surface area contributed by atoms with E-state index in [1.807, 2.05) is 38.1 Å². The summed E-state index contributed by atoms with van der Waals surface area (Å²) in [5, 5.41) is 10.5. The summed E-state index contributed by atoms with van der Waals surface area (Å²) in [6, 6.07) is 14.3. The summed E-state index contributed by atoms with van der Waals surface area (Å²) in [5.74, 6) is -2.40. The molecule has 1 amide bonds. The lowest BCUT2D eigenvalue weighted by Gasteiger charge is -2.34. The Labute approximate surface area is 152 Å². The lowest BCUT2D eigenvalue weighted by molar-refractivity contribution is -0.151. The average Bonchev–Trinajstić information content (AvgIpc) is 2.60. The number of hydrogen-bond donors (Lipinski definition) is 2. The first-order chi connectivity index (χ1) is 11.9. The Morgan fingerprint density at radius 1 is 1.00 bits per heavy atom.